The number of likely N-dealkylation sites (N-methyl/N-ethyl adjacent to an activating group) is 1. The molecule has 4 atom stereocenters. The predicted octanol–water partition coefficient (Wildman–Crippen LogP) is 7.28. The van der Waals surface area contributed by atoms with Crippen LogP contribution in [0.1, 0.15) is 65.4 Å². The third kappa shape index (κ3) is 5.77. The van der Waals surface area contributed by atoms with Crippen molar-refractivity contribution in [3.63, 3.8) is 0 Å². The number of alkyl halides is 1. The van der Waals surface area contributed by atoms with Crippen LogP contribution in [0.3, 0.4) is 0 Å². The number of ether oxygens (including phenoxy) is 2. The minimum absolute atomic E-state index is 0.0165. The zero-order valence-corrected chi connectivity index (χ0v) is 30.2. The van der Waals surface area contributed by atoms with E-state index in [0.717, 1.165) is 25.8 Å². The Kier molecular flexibility index (Phi) is 8.10. The van der Waals surface area contributed by atoms with Gasteiger partial charge in [-0.3, -0.25) is 9.88 Å². The Morgan fingerprint density at radius 3 is 2.69 bits per heavy atom. The Bertz CT molecular complexity index is 2150. The topological polar surface area (TPSA) is 83.9 Å². The van der Waals surface area contributed by atoms with Crippen LogP contribution in [0, 0.1) is 29.4 Å². The fraction of sp³-hybridized carbons (Fsp3) is 0.500. The number of hydrogen-bond donors (Lipinski definition) is 0. The van der Waals surface area contributed by atoms with Crippen LogP contribution >= 0.6 is 0 Å². The summed E-state index contributed by atoms with van der Waals surface area (Å²) in [6.07, 6.45) is 9.99. The second-order valence-electron chi connectivity index (χ2n) is 16.2. The van der Waals surface area contributed by atoms with E-state index in [9.17, 15) is 13.6 Å². The molecule has 12 heteroatoms. The number of halogens is 3. The second-order valence-corrected chi connectivity index (χ2v) is 16.2. The van der Waals surface area contributed by atoms with Gasteiger partial charge in [0, 0.05) is 50.2 Å². The summed E-state index contributed by atoms with van der Waals surface area (Å²) in [6, 6.07) is 7.57. The van der Waals surface area contributed by atoms with Crippen LogP contribution in [-0.4, -0.2) is 93.5 Å². The maximum Gasteiger partial charge on any atom is 0.410 e. The van der Waals surface area contributed by atoms with Gasteiger partial charge in [-0.05, 0) is 70.2 Å². The monoisotopic (exact) mass is 712 g/mol. The number of carbonyl (C=O) groups is 1. The van der Waals surface area contributed by atoms with Gasteiger partial charge in [-0.1, -0.05) is 30.2 Å². The lowest BCUT2D eigenvalue weighted by atomic mass is 9.89. The first-order valence-electron chi connectivity index (χ1n) is 18.0. The average molecular weight is 713 g/mol. The molecule has 4 aliphatic rings. The van der Waals surface area contributed by atoms with E-state index < -0.39 is 35.0 Å². The van der Waals surface area contributed by atoms with Crippen molar-refractivity contribution >= 4 is 33.6 Å². The van der Waals surface area contributed by atoms with E-state index in [1.165, 1.54) is 12.3 Å². The van der Waals surface area contributed by atoms with Gasteiger partial charge < -0.3 is 19.3 Å². The van der Waals surface area contributed by atoms with Crippen molar-refractivity contribution in [1.29, 1.82) is 0 Å². The lowest BCUT2D eigenvalue weighted by molar-refractivity contribution is 0.0233. The molecule has 4 aromatic rings. The van der Waals surface area contributed by atoms with E-state index in [4.69, 9.17) is 20.9 Å². The number of fused-ring (bicyclic) bond motifs is 3. The molecule has 52 heavy (non-hydrogen) atoms. The van der Waals surface area contributed by atoms with Crippen LogP contribution in [0.25, 0.3) is 32.9 Å². The summed E-state index contributed by atoms with van der Waals surface area (Å²) >= 11 is 0. The van der Waals surface area contributed by atoms with E-state index in [2.05, 4.69) is 20.8 Å². The molecule has 2 aromatic heterocycles. The van der Waals surface area contributed by atoms with Gasteiger partial charge in [0.15, 0.2) is 5.82 Å². The lowest BCUT2D eigenvalue weighted by Crippen LogP contribution is -2.45. The lowest BCUT2D eigenvalue weighted by Gasteiger charge is -2.33. The van der Waals surface area contributed by atoms with Crippen LogP contribution in [0.4, 0.5) is 23.8 Å². The van der Waals surface area contributed by atoms with Gasteiger partial charge in [0.2, 0.25) is 0 Å². The number of benzene rings is 2. The zero-order chi connectivity index (χ0) is 36.7. The molecule has 4 fully saturated rings. The van der Waals surface area contributed by atoms with Crippen LogP contribution in [0.2, 0.25) is 0 Å². The Hall–Kier alpha value is -4.63. The fourth-order valence-electron chi connectivity index (χ4n) is 8.94. The molecule has 9 nitrogen and oxygen atoms in total. The molecular weight excluding hydrogens is 669 g/mol. The number of rotatable bonds is 6. The third-order valence-electron chi connectivity index (χ3n) is 11.6. The number of pyridine rings is 1. The van der Waals surface area contributed by atoms with E-state index in [1.807, 2.05) is 39.6 Å². The van der Waals surface area contributed by atoms with Crippen molar-refractivity contribution < 1.29 is 27.4 Å². The van der Waals surface area contributed by atoms with E-state index in [-0.39, 0.29) is 46.9 Å². The first-order chi connectivity index (χ1) is 24.7. The molecule has 2 aromatic carbocycles. The molecule has 1 aliphatic carbocycles. The van der Waals surface area contributed by atoms with Crippen LogP contribution < -0.4 is 9.64 Å². The third-order valence-corrected chi connectivity index (χ3v) is 11.6. The van der Waals surface area contributed by atoms with Crippen molar-refractivity contribution in [2.75, 3.05) is 38.2 Å². The number of amides is 1. The Morgan fingerprint density at radius 2 is 1.96 bits per heavy atom. The summed E-state index contributed by atoms with van der Waals surface area (Å²) in [5.41, 5.74) is -0.639. The average Bonchev–Trinajstić information content (AvgIpc) is 3.48. The molecule has 3 saturated heterocycles. The largest absolute Gasteiger partial charge is 0.461 e. The number of hydrogen-bond acceptors (Lipinski definition) is 8. The number of aromatic nitrogens is 3. The Labute approximate surface area is 301 Å². The number of terminal acetylenes is 1. The van der Waals surface area contributed by atoms with Gasteiger partial charge in [0.05, 0.1) is 28.6 Å². The van der Waals surface area contributed by atoms with Gasteiger partial charge in [0.25, 0.3) is 0 Å². The first-order valence-corrected chi connectivity index (χ1v) is 18.0. The van der Waals surface area contributed by atoms with Gasteiger partial charge in [-0.25, -0.2) is 18.0 Å². The smallest absolute Gasteiger partial charge is 0.410 e. The van der Waals surface area contributed by atoms with E-state index in [0.29, 0.717) is 53.5 Å². The summed E-state index contributed by atoms with van der Waals surface area (Å²) < 4.78 is 58.9. The van der Waals surface area contributed by atoms with Gasteiger partial charge in [0.1, 0.15) is 41.2 Å². The first kappa shape index (κ1) is 34.5. The molecule has 0 radical (unpaired) electrons. The SMILES string of the molecule is C#Cc1c(F)ccc2cccc(-c3ncc4c(N(C)[C@@H]5CCN(C(=O)OC(C)(C)C)[C@@H]5C)nc(OC[C@]56C[C@@H](F)CN5CC5(CC5)C6)nc4c3F)c12. The minimum atomic E-state index is -0.944. The summed E-state index contributed by atoms with van der Waals surface area (Å²) in [7, 11) is 1.85. The molecule has 8 rings (SSSR count). The molecule has 1 saturated carbocycles. The zero-order valence-electron chi connectivity index (χ0n) is 30.2. The number of likely N-dealkylation sites (tertiary alicyclic amines) is 1. The molecule has 5 heterocycles. The van der Waals surface area contributed by atoms with Crippen LogP contribution in [-0.2, 0) is 4.74 Å². The Balaban J connectivity index is 1.21. The Morgan fingerprint density at radius 1 is 1.17 bits per heavy atom. The number of carbonyl (C=O) groups excluding carboxylic acids is 1. The summed E-state index contributed by atoms with van der Waals surface area (Å²) in [5, 5.41) is 1.35. The van der Waals surface area contributed by atoms with Crippen molar-refractivity contribution in [1.82, 2.24) is 24.8 Å². The number of nitrogens with zero attached hydrogens (tertiary/aromatic N) is 6. The van der Waals surface area contributed by atoms with Gasteiger partial charge >= 0.3 is 12.1 Å². The second kappa shape index (κ2) is 12.2. The maximum absolute atomic E-state index is 17.0. The predicted molar refractivity (Wildman–Crippen MR) is 193 cm³/mol. The fourth-order valence-corrected chi connectivity index (χ4v) is 8.94. The molecule has 1 amide bonds. The van der Waals surface area contributed by atoms with E-state index in [1.54, 1.807) is 29.2 Å². The summed E-state index contributed by atoms with van der Waals surface area (Å²) in [6.45, 7) is 9.30. The van der Waals surface area contributed by atoms with Crippen molar-refractivity contribution in [3.8, 4) is 29.6 Å². The maximum atomic E-state index is 17.0. The van der Waals surface area contributed by atoms with Crippen molar-refractivity contribution in [2.45, 2.75) is 89.2 Å². The molecular formula is C40H43F3N6O3. The normalized spacial score (nSPS) is 25.1. The van der Waals surface area contributed by atoms with Crippen LogP contribution in [0.15, 0.2) is 36.5 Å². The molecule has 3 aliphatic heterocycles. The molecule has 0 N–H and O–H groups in total. The molecule has 0 unspecified atom stereocenters. The standard InChI is InChI=1S/C40H43F3N6O3/c1-7-26-29(42)12-11-24-9-8-10-27(31(24)26)33-32(43)34-28(18-44-33)35(47(6)30-13-16-49(23(30)2)37(50)52-38(3,4)5)46-36(45-34)51-22-40-17-25(41)19-48(40)21-39(20-40)14-15-39/h1,8-12,18,23,25,30H,13-17,19-22H2,2-6H3/t23-,25-,30-,40-/m1/s1. The molecule has 0 bridgehead atoms. The minimum Gasteiger partial charge on any atom is -0.461 e. The summed E-state index contributed by atoms with van der Waals surface area (Å²) in [4.78, 5) is 33.0. The van der Waals surface area contributed by atoms with Crippen LogP contribution in [0.5, 0.6) is 6.01 Å². The van der Waals surface area contributed by atoms with Crippen molar-refractivity contribution in [2.24, 2.45) is 5.41 Å². The highest BCUT2D eigenvalue weighted by Crippen LogP contribution is 2.60. The number of anilines is 1. The highest BCUT2D eigenvalue weighted by Gasteiger charge is 2.62. The molecule has 1 spiro atoms. The van der Waals surface area contributed by atoms with Crippen molar-refractivity contribution in [3.05, 3.63) is 53.7 Å². The van der Waals surface area contributed by atoms with Gasteiger partial charge in [-0.2, -0.15) is 9.97 Å². The van der Waals surface area contributed by atoms with E-state index >= 15 is 4.39 Å². The quantitative estimate of drug-likeness (QED) is 0.193. The highest BCUT2D eigenvalue weighted by molar-refractivity contribution is 6.02. The van der Waals surface area contributed by atoms with Gasteiger partial charge in [-0.15, -0.1) is 6.42 Å². The highest BCUT2D eigenvalue weighted by atomic mass is 19.1. The molecule has 272 valence electrons. The summed E-state index contributed by atoms with van der Waals surface area (Å²) in [5.74, 6) is 1.47.